The molecule has 5 heteroatoms. The Balaban J connectivity index is 1.93. The molecule has 0 aliphatic carbocycles. The van der Waals surface area contributed by atoms with Crippen molar-refractivity contribution in [3.8, 4) is 0 Å². The first-order valence-electron chi connectivity index (χ1n) is 6.54. The topological polar surface area (TPSA) is 74.8 Å². The first-order valence-corrected chi connectivity index (χ1v) is 6.54. The molecule has 19 heavy (non-hydrogen) atoms. The number of benzene rings is 1. The molecule has 2 rings (SSSR count). The van der Waals surface area contributed by atoms with Crippen LogP contribution in [0.4, 0.5) is 5.69 Å². The molecule has 1 fully saturated rings. The van der Waals surface area contributed by atoms with Gasteiger partial charge in [0.1, 0.15) is 0 Å². The van der Waals surface area contributed by atoms with Gasteiger partial charge >= 0.3 is 0 Å². The zero-order valence-electron chi connectivity index (χ0n) is 11.3. The van der Waals surface area contributed by atoms with Gasteiger partial charge in [-0.3, -0.25) is 9.59 Å². The number of aryl methyl sites for hydroxylation is 2. The second-order valence-corrected chi connectivity index (χ2v) is 4.97. The molecule has 1 aliphatic rings. The van der Waals surface area contributed by atoms with Crippen LogP contribution in [0.25, 0.3) is 0 Å². The predicted octanol–water partition coefficient (Wildman–Crippen LogP) is -0.306. The number of piperazine rings is 1. The summed E-state index contributed by atoms with van der Waals surface area (Å²) >= 11 is 0. The summed E-state index contributed by atoms with van der Waals surface area (Å²) in [5.74, 6) is -0.178. The van der Waals surface area contributed by atoms with Gasteiger partial charge in [-0.1, -0.05) is 6.07 Å². The molecular weight excluding hydrogens is 242 g/mol. The van der Waals surface area contributed by atoms with E-state index >= 15 is 0 Å². The van der Waals surface area contributed by atoms with Gasteiger partial charge < -0.3 is 16.0 Å². The van der Waals surface area contributed by atoms with Crippen LogP contribution in [0.15, 0.2) is 18.2 Å². The Morgan fingerprint density at radius 1 is 1.42 bits per heavy atom. The van der Waals surface area contributed by atoms with Gasteiger partial charge in [-0.2, -0.15) is 0 Å². The van der Waals surface area contributed by atoms with Crippen molar-refractivity contribution in [3.05, 3.63) is 29.3 Å². The number of quaternary nitrogens is 1. The highest BCUT2D eigenvalue weighted by atomic mass is 16.2. The van der Waals surface area contributed by atoms with E-state index in [9.17, 15) is 9.59 Å². The maximum absolute atomic E-state index is 11.9. The van der Waals surface area contributed by atoms with Crippen LogP contribution in [-0.2, 0) is 9.59 Å². The van der Waals surface area contributed by atoms with Gasteiger partial charge in [-0.15, -0.1) is 0 Å². The number of amides is 2. The highest BCUT2D eigenvalue weighted by Gasteiger charge is 2.27. The van der Waals surface area contributed by atoms with Crippen LogP contribution in [0.1, 0.15) is 17.5 Å². The van der Waals surface area contributed by atoms with Gasteiger partial charge in [0.2, 0.25) is 5.91 Å². The van der Waals surface area contributed by atoms with Gasteiger partial charge in [0.05, 0.1) is 19.5 Å². The highest BCUT2D eigenvalue weighted by Crippen LogP contribution is 2.14. The average Bonchev–Trinajstić information content (AvgIpc) is 2.37. The van der Waals surface area contributed by atoms with Crippen LogP contribution < -0.4 is 16.0 Å². The zero-order chi connectivity index (χ0) is 13.8. The first-order chi connectivity index (χ1) is 9.06. The van der Waals surface area contributed by atoms with Crippen LogP contribution in [0, 0.1) is 13.8 Å². The lowest BCUT2D eigenvalue weighted by atomic mass is 10.1. The van der Waals surface area contributed by atoms with E-state index in [0.717, 1.165) is 17.8 Å². The number of hydrogen-bond acceptors (Lipinski definition) is 2. The number of hydrogen-bond donors (Lipinski definition) is 3. The minimum Gasteiger partial charge on any atom is -0.345 e. The Hall–Kier alpha value is -1.88. The summed E-state index contributed by atoms with van der Waals surface area (Å²) in [7, 11) is 0. The van der Waals surface area contributed by atoms with Crippen molar-refractivity contribution in [2.75, 3.05) is 18.4 Å². The molecule has 4 N–H and O–H groups in total. The molecule has 0 bridgehead atoms. The molecule has 0 aromatic heterocycles. The number of nitrogens with two attached hydrogens (primary N) is 1. The van der Waals surface area contributed by atoms with Gasteiger partial charge in [-0.25, -0.2) is 0 Å². The second kappa shape index (κ2) is 5.84. The Morgan fingerprint density at radius 3 is 2.89 bits per heavy atom. The molecule has 102 valence electrons. The normalized spacial score (nSPS) is 18.8. The maximum atomic E-state index is 11.9. The fourth-order valence-electron chi connectivity index (χ4n) is 2.12. The standard InChI is InChI=1S/C14H19N3O2/c1-9-3-4-11(7-10(9)2)17-13(18)8-12-14(19)16-6-5-15-12/h3-4,7,12,15H,5-6,8H2,1-2H3,(H,16,19)(H,17,18)/p+1/t12-/m0/s1. The summed E-state index contributed by atoms with van der Waals surface area (Å²) in [5, 5.41) is 7.52. The number of nitrogens with one attached hydrogen (secondary N) is 2. The second-order valence-electron chi connectivity index (χ2n) is 4.97. The molecule has 1 aromatic carbocycles. The lowest BCUT2D eigenvalue weighted by Gasteiger charge is -2.19. The van der Waals surface area contributed by atoms with Crippen LogP contribution in [-0.4, -0.2) is 30.9 Å². The summed E-state index contributed by atoms with van der Waals surface area (Å²) in [6, 6.07) is 5.49. The van der Waals surface area contributed by atoms with Crippen LogP contribution in [0.3, 0.4) is 0 Å². The Labute approximate surface area is 112 Å². The molecule has 1 heterocycles. The third-order valence-electron chi connectivity index (χ3n) is 3.43. The number of carbonyl (C=O) groups is 2. The number of carbonyl (C=O) groups excluding carboxylic acids is 2. The average molecular weight is 262 g/mol. The van der Waals surface area contributed by atoms with Crippen LogP contribution >= 0.6 is 0 Å². The van der Waals surface area contributed by atoms with E-state index in [1.54, 1.807) is 0 Å². The largest absolute Gasteiger partial charge is 0.345 e. The minimum atomic E-state index is -0.305. The number of anilines is 1. The fourth-order valence-corrected chi connectivity index (χ4v) is 2.12. The van der Waals surface area contributed by atoms with Gasteiger partial charge in [-0.05, 0) is 37.1 Å². The highest BCUT2D eigenvalue weighted by molar-refractivity contribution is 5.95. The summed E-state index contributed by atoms with van der Waals surface area (Å²) in [6.07, 6.45) is 0.207. The third kappa shape index (κ3) is 3.54. The smallest absolute Gasteiger partial charge is 0.278 e. The van der Waals surface area contributed by atoms with Crippen molar-refractivity contribution in [2.45, 2.75) is 26.3 Å². The Kier molecular flexibility index (Phi) is 4.16. The molecule has 5 nitrogen and oxygen atoms in total. The third-order valence-corrected chi connectivity index (χ3v) is 3.43. The lowest BCUT2D eigenvalue weighted by Crippen LogP contribution is -2.96. The molecule has 0 unspecified atom stereocenters. The molecule has 1 aromatic rings. The van der Waals surface area contributed by atoms with Crippen LogP contribution in [0.2, 0.25) is 0 Å². The Bertz CT molecular complexity index is 499. The molecular formula is C14H20N3O2+. The molecule has 1 atom stereocenters. The predicted molar refractivity (Wildman–Crippen MR) is 72.8 cm³/mol. The first kappa shape index (κ1) is 13.5. The van der Waals surface area contributed by atoms with Crippen molar-refractivity contribution in [1.29, 1.82) is 0 Å². The van der Waals surface area contributed by atoms with Crippen molar-refractivity contribution >= 4 is 17.5 Å². The SMILES string of the molecule is Cc1ccc(NC(=O)C[C@@H]2[NH2+]CCNC2=O)cc1C. The summed E-state index contributed by atoms with van der Waals surface area (Å²) < 4.78 is 0. The molecule has 1 aliphatic heterocycles. The van der Waals surface area contributed by atoms with E-state index in [0.29, 0.717) is 6.54 Å². The van der Waals surface area contributed by atoms with Gasteiger partial charge in [0.25, 0.3) is 5.91 Å². The van der Waals surface area contributed by atoms with Crippen molar-refractivity contribution in [2.24, 2.45) is 0 Å². The summed E-state index contributed by atoms with van der Waals surface area (Å²) in [6.45, 7) is 5.54. The Morgan fingerprint density at radius 2 is 2.21 bits per heavy atom. The van der Waals surface area contributed by atoms with Gasteiger partial charge in [0, 0.05) is 5.69 Å². The van der Waals surface area contributed by atoms with Crippen LogP contribution in [0.5, 0.6) is 0 Å². The molecule has 0 radical (unpaired) electrons. The van der Waals surface area contributed by atoms with Crippen molar-refractivity contribution < 1.29 is 14.9 Å². The van der Waals surface area contributed by atoms with Gasteiger partial charge in [0.15, 0.2) is 6.04 Å². The molecule has 1 saturated heterocycles. The molecule has 2 amide bonds. The lowest BCUT2D eigenvalue weighted by molar-refractivity contribution is -0.678. The number of rotatable bonds is 3. The monoisotopic (exact) mass is 262 g/mol. The maximum Gasteiger partial charge on any atom is 0.278 e. The van der Waals surface area contributed by atoms with E-state index < -0.39 is 0 Å². The van der Waals surface area contributed by atoms with Crippen molar-refractivity contribution in [3.63, 3.8) is 0 Å². The zero-order valence-corrected chi connectivity index (χ0v) is 11.3. The van der Waals surface area contributed by atoms with E-state index in [2.05, 4.69) is 10.6 Å². The van der Waals surface area contributed by atoms with Crippen molar-refractivity contribution in [1.82, 2.24) is 5.32 Å². The summed E-state index contributed by atoms with van der Waals surface area (Å²) in [4.78, 5) is 23.5. The molecule has 0 spiro atoms. The fraction of sp³-hybridized carbons (Fsp3) is 0.429. The van der Waals surface area contributed by atoms with E-state index in [1.807, 2.05) is 37.4 Å². The van der Waals surface area contributed by atoms with E-state index in [1.165, 1.54) is 5.56 Å². The molecule has 0 saturated carbocycles. The minimum absolute atomic E-state index is 0.0542. The van der Waals surface area contributed by atoms with E-state index in [-0.39, 0.29) is 24.3 Å². The quantitative estimate of drug-likeness (QED) is 0.699. The summed E-state index contributed by atoms with van der Waals surface area (Å²) in [5.41, 5.74) is 3.11. The van der Waals surface area contributed by atoms with E-state index in [4.69, 9.17) is 0 Å².